The Morgan fingerprint density at radius 2 is 2.08 bits per heavy atom. The Morgan fingerprint density at radius 1 is 1.28 bits per heavy atom. The number of nitrogens with one attached hydrogen (secondary N) is 2. The van der Waals surface area contributed by atoms with Gasteiger partial charge in [-0.2, -0.15) is 5.10 Å². The van der Waals surface area contributed by atoms with Gasteiger partial charge in [0.15, 0.2) is 5.82 Å². The van der Waals surface area contributed by atoms with E-state index in [0.29, 0.717) is 30.5 Å². The summed E-state index contributed by atoms with van der Waals surface area (Å²) in [7, 11) is -3.13. The minimum absolute atomic E-state index is 0.276. The van der Waals surface area contributed by atoms with Gasteiger partial charge in [0, 0.05) is 36.6 Å². The lowest BCUT2D eigenvalue weighted by molar-refractivity contribution is 0.265. The van der Waals surface area contributed by atoms with E-state index in [1.807, 2.05) is 26.0 Å². The van der Waals surface area contributed by atoms with E-state index in [1.165, 1.54) is 6.26 Å². The third-order valence-electron chi connectivity index (χ3n) is 4.30. The van der Waals surface area contributed by atoms with Gasteiger partial charge in [-0.25, -0.2) is 22.7 Å². The van der Waals surface area contributed by atoms with Crippen molar-refractivity contribution in [1.29, 1.82) is 0 Å². The predicted octanol–water partition coefficient (Wildman–Crippen LogP) is 1.77. The molecule has 0 aliphatic carbocycles. The lowest BCUT2D eigenvalue weighted by Gasteiger charge is -2.30. The number of aromatic nitrogens is 4. The van der Waals surface area contributed by atoms with Gasteiger partial charge in [0.25, 0.3) is 0 Å². The molecule has 3 heterocycles. The molecular weight excluding hydrogens is 340 g/mol. The van der Waals surface area contributed by atoms with Crippen molar-refractivity contribution in [3.05, 3.63) is 29.3 Å². The third kappa shape index (κ3) is 4.76. The standard InChI is InChI=1S/C16H24N6O2S/c1-11-7-16(21-20-11)19-15-9-14(17-12(2)18-15)8-13-5-4-6-22(10-13)25(3,23)24/h7,9,13H,4-6,8,10H2,1-3H3,(H2,17,18,19,20,21). The molecule has 8 nitrogen and oxygen atoms in total. The summed E-state index contributed by atoms with van der Waals surface area (Å²) < 4.78 is 25.1. The summed E-state index contributed by atoms with van der Waals surface area (Å²) in [5, 5.41) is 10.2. The molecular formula is C16H24N6O2S. The number of nitrogens with zero attached hydrogens (tertiary/aromatic N) is 4. The van der Waals surface area contributed by atoms with Crippen molar-refractivity contribution in [2.75, 3.05) is 24.7 Å². The Labute approximate surface area is 148 Å². The highest BCUT2D eigenvalue weighted by Crippen LogP contribution is 2.23. The second-order valence-corrected chi connectivity index (χ2v) is 8.67. The van der Waals surface area contributed by atoms with Crippen LogP contribution in [0.3, 0.4) is 0 Å². The number of hydrogen-bond donors (Lipinski definition) is 2. The Balaban J connectivity index is 1.72. The van der Waals surface area contributed by atoms with E-state index in [0.717, 1.165) is 30.7 Å². The molecule has 2 aromatic heterocycles. The maximum Gasteiger partial charge on any atom is 0.211 e. The lowest BCUT2D eigenvalue weighted by atomic mass is 9.94. The first-order valence-corrected chi connectivity index (χ1v) is 10.2. The molecule has 0 radical (unpaired) electrons. The van der Waals surface area contributed by atoms with Crippen molar-refractivity contribution in [1.82, 2.24) is 24.5 Å². The van der Waals surface area contributed by atoms with E-state index in [9.17, 15) is 8.42 Å². The van der Waals surface area contributed by atoms with Gasteiger partial charge in [-0.15, -0.1) is 0 Å². The average molecular weight is 364 g/mol. The van der Waals surface area contributed by atoms with E-state index in [4.69, 9.17) is 0 Å². The molecule has 9 heteroatoms. The molecule has 136 valence electrons. The van der Waals surface area contributed by atoms with Crippen molar-refractivity contribution >= 4 is 21.7 Å². The van der Waals surface area contributed by atoms with Gasteiger partial charge in [0.05, 0.1) is 6.26 Å². The molecule has 2 N–H and O–H groups in total. The summed E-state index contributed by atoms with van der Waals surface area (Å²) in [6, 6.07) is 3.82. The van der Waals surface area contributed by atoms with Gasteiger partial charge in [-0.3, -0.25) is 5.10 Å². The maximum atomic E-state index is 11.8. The molecule has 1 atom stereocenters. The fraction of sp³-hybridized carbons (Fsp3) is 0.562. The van der Waals surface area contributed by atoms with Crippen LogP contribution in [0, 0.1) is 19.8 Å². The summed E-state index contributed by atoms with van der Waals surface area (Å²) in [5.41, 5.74) is 1.89. The molecule has 1 unspecified atom stereocenters. The van der Waals surface area contributed by atoms with Crippen LogP contribution in [0.15, 0.2) is 12.1 Å². The van der Waals surface area contributed by atoms with E-state index in [1.54, 1.807) is 4.31 Å². The normalized spacial score (nSPS) is 19.1. The molecule has 2 aromatic rings. The van der Waals surface area contributed by atoms with Crippen molar-refractivity contribution in [2.24, 2.45) is 5.92 Å². The summed E-state index contributed by atoms with van der Waals surface area (Å²) in [6.45, 7) is 4.96. The molecule has 3 rings (SSSR count). The number of aromatic amines is 1. The Morgan fingerprint density at radius 3 is 2.76 bits per heavy atom. The number of sulfonamides is 1. The molecule has 0 spiro atoms. The van der Waals surface area contributed by atoms with Gasteiger partial charge in [-0.1, -0.05) is 0 Å². The highest BCUT2D eigenvalue weighted by molar-refractivity contribution is 7.88. The first-order chi connectivity index (χ1) is 11.8. The smallest absolute Gasteiger partial charge is 0.211 e. The molecule has 0 aromatic carbocycles. The molecule has 0 saturated carbocycles. The first kappa shape index (κ1) is 17.8. The van der Waals surface area contributed by atoms with Crippen molar-refractivity contribution in [3.8, 4) is 0 Å². The summed E-state index contributed by atoms with van der Waals surface area (Å²) >= 11 is 0. The van der Waals surface area contributed by atoms with Gasteiger partial charge < -0.3 is 5.32 Å². The van der Waals surface area contributed by atoms with Gasteiger partial charge in [0.1, 0.15) is 11.6 Å². The number of H-pyrrole nitrogens is 1. The fourth-order valence-electron chi connectivity index (χ4n) is 3.20. The first-order valence-electron chi connectivity index (χ1n) is 8.38. The zero-order valence-electron chi connectivity index (χ0n) is 14.8. The molecule has 1 aliphatic rings. The fourth-order valence-corrected chi connectivity index (χ4v) is 4.14. The second kappa shape index (κ2) is 7.09. The number of hydrogen-bond acceptors (Lipinski definition) is 6. The van der Waals surface area contributed by atoms with Crippen LogP contribution >= 0.6 is 0 Å². The molecule has 0 amide bonds. The highest BCUT2D eigenvalue weighted by Gasteiger charge is 2.26. The monoisotopic (exact) mass is 364 g/mol. The van der Waals surface area contributed by atoms with Gasteiger partial charge in [0.2, 0.25) is 10.0 Å². The zero-order chi connectivity index (χ0) is 18.0. The van der Waals surface area contributed by atoms with E-state index < -0.39 is 10.0 Å². The Kier molecular flexibility index (Phi) is 5.05. The van der Waals surface area contributed by atoms with Crippen molar-refractivity contribution < 1.29 is 8.42 Å². The van der Waals surface area contributed by atoms with Crippen LogP contribution in [0.5, 0.6) is 0 Å². The molecule has 1 saturated heterocycles. The van der Waals surface area contributed by atoms with Gasteiger partial charge >= 0.3 is 0 Å². The average Bonchev–Trinajstić information content (AvgIpc) is 2.91. The van der Waals surface area contributed by atoms with E-state index >= 15 is 0 Å². The molecule has 1 fully saturated rings. The van der Waals surface area contributed by atoms with Crippen molar-refractivity contribution in [2.45, 2.75) is 33.1 Å². The zero-order valence-corrected chi connectivity index (χ0v) is 15.6. The summed E-state index contributed by atoms with van der Waals surface area (Å²) in [5.74, 6) is 2.37. The minimum atomic E-state index is -3.13. The Hall–Kier alpha value is -2.00. The van der Waals surface area contributed by atoms with Crippen LogP contribution in [0.2, 0.25) is 0 Å². The largest absolute Gasteiger partial charge is 0.323 e. The highest BCUT2D eigenvalue weighted by atomic mass is 32.2. The van der Waals surface area contributed by atoms with Crippen LogP contribution in [-0.2, 0) is 16.4 Å². The molecule has 0 bridgehead atoms. The van der Waals surface area contributed by atoms with E-state index in [-0.39, 0.29) is 5.92 Å². The molecule has 1 aliphatic heterocycles. The predicted molar refractivity (Wildman–Crippen MR) is 96.2 cm³/mol. The van der Waals surface area contributed by atoms with Crippen LogP contribution in [0.25, 0.3) is 0 Å². The SMILES string of the molecule is Cc1nc(CC2CCCN(S(C)(=O)=O)C2)cc(Nc2cc(C)[nH]n2)n1. The van der Waals surface area contributed by atoms with Crippen LogP contribution in [0.1, 0.15) is 30.1 Å². The lowest BCUT2D eigenvalue weighted by Crippen LogP contribution is -2.39. The quantitative estimate of drug-likeness (QED) is 0.838. The van der Waals surface area contributed by atoms with Crippen molar-refractivity contribution in [3.63, 3.8) is 0 Å². The summed E-state index contributed by atoms with van der Waals surface area (Å²) in [4.78, 5) is 8.92. The van der Waals surface area contributed by atoms with Crippen LogP contribution in [-0.4, -0.2) is 52.2 Å². The number of piperidine rings is 1. The minimum Gasteiger partial charge on any atom is -0.323 e. The van der Waals surface area contributed by atoms with Gasteiger partial charge in [-0.05, 0) is 39.0 Å². The number of anilines is 2. The maximum absolute atomic E-state index is 11.8. The Bertz CT molecular complexity index is 848. The third-order valence-corrected chi connectivity index (χ3v) is 5.57. The number of aryl methyl sites for hydroxylation is 2. The topological polar surface area (TPSA) is 104 Å². The van der Waals surface area contributed by atoms with Crippen LogP contribution < -0.4 is 5.32 Å². The number of rotatable bonds is 5. The van der Waals surface area contributed by atoms with E-state index in [2.05, 4.69) is 25.5 Å². The second-order valence-electron chi connectivity index (χ2n) is 6.69. The molecule has 25 heavy (non-hydrogen) atoms. The summed E-state index contributed by atoms with van der Waals surface area (Å²) in [6.07, 6.45) is 3.91. The van der Waals surface area contributed by atoms with Crippen LogP contribution in [0.4, 0.5) is 11.6 Å².